The first-order valence-electron chi connectivity index (χ1n) is 12.1. The molecule has 2 amide bonds. The summed E-state index contributed by atoms with van der Waals surface area (Å²) in [5.74, 6) is -0.0176. The Kier molecular flexibility index (Phi) is 10.0. The van der Waals surface area contributed by atoms with Gasteiger partial charge in [0.05, 0.1) is 19.1 Å². The van der Waals surface area contributed by atoms with Crippen LogP contribution in [0.1, 0.15) is 44.6 Å². The van der Waals surface area contributed by atoms with E-state index < -0.39 is 28.5 Å². The van der Waals surface area contributed by atoms with Crippen molar-refractivity contribution in [2.75, 3.05) is 24.2 Å². The number of rotatable bonds is 11. The van der Waals surface area contributed by atoms with Gasteiger partial charge in [0.15, 0.2) is 0 Å². The fourth-order valence-electron chi connectivity index (χ4n) is 4.48. The van der Waals surface area contributed by atoms with E-state index in [9.17, 15) is 18.0 Å². The predicted molar refractivity (Wildman–Crippen MR) is 149 cm³/mol. The summed E-state index contributed by atoms with van der Waals surface area (Å²) >= 11 is 2.14. The molecule has 2 aromatic rings. The van der Waals surface area contributed by atoms with Crippen LogP contribution < -0.4 is 14.4 Å². The second-order valence-electron chi connectivity index (χ2n) is 9.03. The lowest BCUT2D eigenvalue weighted by atomic mass is 10.1. The van der Waals surface area contributed by atoms with Gasteiger partial charge in [0, 0.05) is 16.2 Å². The molecule has 0 saturated heterocycles. The molecular formula is C26H34IN3O5S. The van der Waals surface area contributed by atoms with E-state index in [2.05, 4.69) is 27.9 Å². The zero-order valence-corrected chi connectivity index (χ0v) is 23.9. The van der Waals surface area contributed by atoms with Crippen molar-refractivity contribution in [2.45, 2.75) is 57.7 Å². The number of amides is 2. The normalized spacial score (nSPS) is 14.8. The molecule has 0 aromatic heterocycles. The monoisotopic (exact) mass is 627 g/mol. The van der Waals surface area contributed by atoms with Crippen molar-refractivity contribution >= 4 is 50.1 Å². The van der Waals surface area contributed by atoms with Crippen molar-refractivity contribution in [1.82, 2.24) is 10.2 Å². The number of sulfonamides is 1. The lowest BCUT2D eigenvalue weighted by Gasteiger charge is -2.33. The summed E-state index contributed by atoms with van der Waals surface area (Å²) in [4.78, 5) is 28.6. The number of benzene rings is 2. The molecule has 1 saturated carbocycles. The fourth-order valence-corrected chi connectivity index (χ4v) is 5.68. The summed E-state index contributed by atoms with van der Waals surface area (Å²) in [6.07, 6.45) is 5.49. The van der Waals surface area contributed by atoms with Crippen LogP contribution in [0.15, 0.2) is 48.5 Å². The minimum Gasteiger partial charge on any atom is -0.497 e. The molecule has 1 aliphatic carbocycles. The third-order valence-corrected chi connectivity index (χ3v) is 8.23. The molecule has 8 nitrogen and oxygen atoms in total. The molecule has 1 fully saturated rings. The van der Waals surface area contributed by atoms with Crippen LogP contribution in [0.4, 0.5) is 5.69 Å². The minimum atomic E-state index is -3.75. The Hall–Kier alpha value is -2.34. The van der Waals surface area contributed by atoms with Crippen LogP contribution in [0, 0.1) is 3.57 Å². The topological polar surface area (TPSA) is 96.0 Å². The molecule has 0 unspecified atom stereocenters. The van der Waals surface area contributed by atoms with Crippen molar-refractivity contribution in [3.05, 3.63) is 57.7 Å². The Bertz CT molecular complexity index is 1150. The quantitative estimate of drug-likeness (QED) is 0.381. The number of nitrogens with one attached hydrogen (secondary N) is 1. The van der Waals surface area contributed by atoms with Gasteiger partial charge in [0.2, 0.25) is 21.8 Å². The number of hydrogen-bond acceptors (Lipinski definition) is 5. The smallest absolute Gasteiger partial charge is 0.244 e. The van der Waals surface area contributed by atoms with E-state index in [1.807, 2.05) is 31.2 Å². The Balaban J connectivity index is 1.92. The molecule has 1 aliphatic rings. The third kappa shape index (κ3) is 7.58. The molecule has 10 heteroatoms. The molecule has 196 valence electrons. The average molecular weight is 628 g/mol. The number of halogens is 1. The summed E-state index contributed by atoms with van der Waals surface area (Å²) in [5.41, 5.74) is 1.19. The van der Waals surface area contributed by atoms with E-state index in [0.29, 0.717) is 17.9 Å². The average Bonchev–Trinajstić information content (AvgIpc) is 3.35. The summed E-state index contributed by atoms with van der Waals surface area (Å²) in [5, 5.41) is 3.10. The van der Waals surface area contributed by atoms with Crippen molar-refractivity contribution < 1.29 is 22.7 Å². The summed E-state index contributed by atoms with van der Waals surface area (Å²) in [6.45, 7) is 1.60. The molecule has 0 heterocycles. The van der Waals surface area contributed by atoms with Crippen LogP contribution in [-0.4, -0.2) is 57.1 Å². The molecule has 0 bridgehead atoms. The lowest BCUT2D eigenvalue weighted by Crippen LogP contribution is -2.53. The highest BCUT2D eigenvalue weighted by atomic mass is 127. The second kappa shape index (κ2) is 12.8. The van der Waals surface area contributed by atoms with Crippen LogP contribution >= 0.6 is 22.6 Å². The zero-order chi connectivity index (χ0) is 26.3. The number of carbonyl (C=O) groups excluding carboxylic acids is 2. The number of anilines is 1. The van der Waals surface area contributed by atoms with Crippen molar-refractivity contribution in [3.8, 4) is 5.75 Å². The first-order chi connectivity index (χ1) is 17.1. The van der Waals surface area contributed by atoms with Crippen molar-refractivity contribution in [3.63, 3.8) is 0 Å². The van der Waals surface area contributed by atoms with Gasteiger partial charge in [-0.05, 0) is 83.8 Å². The summed E-state index contributed by atoms with van der Waals surface area (Å²) < 4.78 is 32.7. The van der Waals surface area contributed by atoms with Crippen LogP contribution in [0.25, 0.3) is 0 Å². The number of ether oxygens (including phenoxy) is 1. The van der Waals surface area contributed by atoms with Crippen LogP contribution in [0.2, 0.25) is 0 Å². The van der Waals surface area contributed by atoms with Crippen molar-refractivity contribution in [2.24, 2.45) is 0 Å². The lowest BCUT2D eigenvalue weighted by molar-refractivity contribution is -0.140. The highest BCUT2D eigenvalue weighted by Gasteiger charge is 2.33. The van der Waals surface area contributed by atoms with Gasteiger partial charge in [-0.1, -0.05) is 31.9 Å². The van der Waals surface area contributed by atoms with Crippen LogP contribution in [0.3, 0.4) is 0 Å². The van der Waals surface area contributed by atoms with E-state index in [0.717, 1.165) is 45.4 Å². The zero-order valence-electron chi connectivity index (χ0n) is 20.9. The number of nitrogens with zero attached hydrogens (tertiary/aromatic N) is 2. The largest absolute Gasteiger partial charge is 0.497 e. The summed E-state index contributed by atoms with van der Waals surface area (Å²) in [6, 6.07) is 13.6. The van der Waals surface area contributed by atoms with E-state index in [-0.39, 0.29) is 18.5 Å². The van der Waals surface area contributed by atoms with E-state index in [1.165, 1.54) is 4.90 Å². The maximum Gasteiger partial charge on any atom is 0.244 e. The Morgan fingerprint density at radius 3 is 2.39 bits per heavy atom. The van der Waals surface area contributed by atoms with Gasteiger partial charge in [0.25, 0.3) is 0 Å². The molecule has 3 rings (SSSR count). The van der Waals surface area contributed by atoms with E-state index in [1.54, 1.807) is 31.4 Å². The maximum atomic E-state index is 13.7. The first kappa shape index (κ1) is 28.2. The Morgan fingerprint density at radius 2 is 1.81 bits per heavy atom. The fraction of sp³-hybridized carbons (Fsp3) is 0.462. The number of hydrogen-bond donors (Lipinski definition) is 1. The SMILES string of the molecule is CC[C@H](C(=O)NC1CCCC1)N(Cc1cccc(OC)c1)C(=O)CN(c1ccc(I)cc1)S(C)(=O)=O. The van der Waals surface area contributed by atoms with E-state index >= 15 is 0 Å². The Labute approximate surface area is 227 Å². The Morgan fingerprint density at radius 1 is 1.14 bits per heavy atom. The van der Waals surface area contributed by atoms with Crippen LogP contribution in [0.5, 0.6) is 5.75 Å². The molecule has 0 radical (unpaired) electrons. The molecule has 2 aromatic carbocycles. The van der Waals surface area contributed by atoms with Gasteiger partial charge in [0.1, 0.15) is 18.3 Å². The molecule has 0 aliphatic heterocycles. The number of methoxy groups -OCH3 is 1. The molecule has 1 atom stereocenters. The number of carbonyl (C=O) groups is 2. The van der Waals surface area contributed by atoms with Crippen molar-refractivity contribution in [1.29, 1.82) is 0 Å². The highest BCUT2D eigenvalue weighted by Crippen LogP contribution is 2.23. The van der Waals surface area contributed by atoms with Gasteiger partial charge in [-0.2, -0.15) is 0 Å². The standard InChI is InChI=1S/C26H34IN3O5S/c1-4-24(26(32)28-21-9-5-6-10-21)29(17-19-8-7-11-23(16-19)35-2)25(31)18-30(36(3,33)34)22-14-12-20(27)13-15-22/h7-8,11-16,21,24H,4-6,9-10,17-18H2,1-3H3,(H,28,32)/t24-/m1/s1. The summed E-state index contributed by atoms with van der Waals surface area (Å²) in [7, 11) is -2.18. The highest BCUT2D eigenvalue weighted by molar-refractivity contribution is 14.1. The first-order valence-corrected chi connectivity index (χ1v) is 15.0. The molecular weight excluding hydrogens is 593 g/mol. The molecule has 0 spiro atoms. The second-order valence-corrected chi connectivity index (χ2v) is 12.2. The maximum absolute atomic E-state index is 13.7. The van der Waals surface area contributed by atoms with Crippen LogP contribution in [-0.2, 0) is 26.2 Å². The minimum absolute atomic E-state index is 0.111. The third-order valence-electron chi connectivity index (χ3n) is 6.37. The van der Waals surface area contributed by atoms with Gasteiger partial charge in [-0.25, -0.2) is 8.42 Å². The predicted octanol–water partition coefficient (Wildman–Crippen LogP) is 3.93. The molecule has 1 N–H and O–H groups in total. The molecule has 36 heavy (non-hydrogen) atoms. The van der Waals surface area contributed by atoms with Gasteiger partial charge >= 0.3 is 0 Å². The van der Waals surface area contributed by atoms with Gasteiger partial charge in [-0.3, -0.25) is 13.9 Å². The van der Waals surface area contributed by atoms with E-state index in [4.69, 9.17) is 4.74 Å². The van der Waals surface area contributed by atoms with Gasteiger partial charge < -0.3 is 15.0 Å². The van der Waals surface area contributed by atoms with Gasteiger partial charge in [-0.15, -0.1) is 0 Å².